The van der Waals surface area contributed by atoms with Crippen molar-refractivity contribution in [3.63, 3.8) is 0 Å². The van der Waals surface area contributed by atoms with Crippen molar-refractivity contribution in [1.29, 1.82) is 0 Å². The molecule has 0 aliphatic carbocycles. The van der Waals surface area contributed by atoms with E-state index in [2.05, 4.69) is 15.3 Å². The SMILES string of the molecule is CO[C@@H]1[C@H](O)[C@@H](CO)O[C@H]1n1cc2c3c(ncnc31)NC(=O)C=C2N. The molecule has 0 saturated carbocycles. The minimum absolute atomic E-state index is 0.265. The standard InChI is InChI=1S/C15H17N5O5/c1-24-12-11(23)8(4-21)25-15(12)20-3-6-7(16)2-9(22)19-13-10(6)14(20)18-5-17-13/h2-3,5,8,11-12,15,21,23H,4,16H2,1H3,(H,17,18,19,22)/t8-,11-,12-,15-/m1/s1. The van der Waals surface area contributed by atoms with E-state index < -0.39 is 24.5 Å². The van der Waals surface area contributed by atoms with Gasteiger partial charge in [-0.15, -0.1) is 0 Å². The van der Waals surface area contributed by atoms with E-state index in [1.54, 1.807) is 10.8 Å². The average molecular weight is 347 g/mol. The molecule has 4 rings (SSSR count). The number of rotatable bonds is 3. The molecule has 1 fully saturated rings. The molecule has 1 amide bonds. The fourth-order valence-electron chi connectivity index (χ4n) is 3.31. The third kappa shape index (κ3) is 2.30. The predicted molar refractivity (Wildman–Crippen MR) is 86.1 cm³/mol. The number of anilines is 1. The maximum atomic E-state index is 11.8. The molecule has 1 saturated heterocycles. The van der Waals surface area contributed by atoms with Crippen molar-refractivity contribution >= 4 is 28.5 Å². The Hall–Kier alpha value is -2.53. The number of nitrogens with one attached hydrogen (secondary N) is 1. The summed E-state index contributed by atoms with van der Waals surface area (Å²) in [6, 6.07) is 0. The van der Waals surface area contributed by atoms with Crippen molar-refractivity contribution in [3.8, 4) is 0 Å². The number of carbonyl (C=O) groups excluding carboxylic acids is 1. The highest BCUT2D eigenvalue weighted by Crippen LogP contribution is 2.38. The first-order valence-corrected chi connectivity index (χ1v) is 7.66. The summed E-state index contributed by atoms with van der Waals surface area (Å²) < 4.78 is 12.8. The summed E-state index contributed by atoms with van der Waals surface area (Å²) in [4.78, 5) is 20.2. The lowest BCUT2D eigenvalue weighted by atomic mass is 10.1. The summed E-state index contributed by atoms with van der Waals surface area (Å²) in [6.07, 6.45) is 1.06. The Morgan fingerprint density at radius 3 is 3.00 bits per heavy atom. The van der Waals surface area contributed by atoms with Gasteiger partial charge in [-0.3, -0.25) is 4.79 Å². The van der Waals surface area contributed by atoms with Gasteiger partial charge in [-0.2, -0.15) is 0 Å². The fraction of sp³-hybridized carbons (Fsp3) is 0.400. The normalized spacial score (nSPS) is 28.8. The van der Waals surface area contributed by atoms with Gasteiger partial charge in [0.2, 0.25) is 0 Å². The van der Waals surface area contributed by atoms with Crippen LogP contribution in [0.25, 0.3) is 16.7 Å². The van der Waals surface area contributed by atoms with Crippen molar-refractivity contribution in [2.45, 2.75) is 24.5 Å². The molecule has 4 atom stereocenters. The first-order chi connectivity index (χ1) is 12.0. The van der Waals surface area contributed by atoms with Crippen LogP contribution in [0.2, 0.25) is 0 Å². The lowest BCUT2D eigenvalue weighted by molar-refractivity contribution is -0.111. The number of hydrogen-bond acceptors (Lipinski definition) is 8. The number of methoxy groups -OCH3 is 1. The number of amides is 1. The molecular formula is C15H17N5O5. The van der Waals surface area contributed by atoms with E-state index in [9.17, 15) is 15.0 Å². The quantitative estimate of drug-likeness (QED) is 0.550. The summed E-state index contributed by atoms with van der Waals surface area (Å²) >= 11 is 0. The lowest BCUT2D eigenvalue weighted by Gasteiger charge is -2.20. The third-order valence-corrected chi connectivity index (χ3v) is 4.49. The highest BCUT2D eigenvalue weighted by molar-refractivity contribution is 6.13. The fourth-order valence-corrected chi connectivity index (χ4v) is 3.31. The Kier molecular flexibility index (Phi) is 3.69. The predicted octanol–water partition coefficient (Wildman–Crippen LogP) is -1.05. The molecular weight excluding hydrogens is 330 g/mol. The summed E-state index contributed by atoms with van der Waals surface area (Å²) in [6.45, 7) is -0.345. The van der Waals surface area contributed by atoms with Crippen molar-refractivity contribution in [2.24, 2.45) is 5.73 Å². The molecule has 0 unspecified atom stereocenters. The topological polar surface area (TPSA) is 145 Å². The summed E-state index contributed by atoms with van der Waals surface area (Å²) in [5, 5.41) is 22.9. The van der Waals surface area contributed by atoms with Gasteiger partial charge in [-0.05, 0) is 0 Å². The maximum Gasteiger partial charge on any atom is 0.251 e. The van der Waals surface area contributed by atoms with E-state index in [4.69, 9.17) is 15.2 Å². The first kappa shape index (κ1) is 16.0. The van der Waals surface area contributed by atoms with Crippen molar-refractivity contribution in [1.82, 2.24) is 14.5 Å². The molecule has 2 aliphatic heterocycles. The number of nitrogens with two attached hydrogens (primary N) is 1. The molecule has 2 aliphatic rings. The highest BCUT2D eigenvalue weighted by Gasteiger charge is 2.45. The van der Waals surface area contributed by atoms with Crippen LogP contribution in [-0.2, 0) is 14.3 Å². The van der Waals surface area contributed by atoms with Gasteiger partial charge in [-0.25, -0.2) is 9.97 Å². The Balaban J connectivity index is 1.90. The van der Waals surface area contributed by atoms with E-state index in [1.165, 1.54) is 19.5 Å². The van der Waals surface area contributed by atoms with E-state index in [1.807, 2.05) is 0 Å². The molecule has 5 N–H and O–H groups in total. The van der Waals surface area contributed by atoms with Crippen LogP contribution in [0.1, 0.15) is 11.8 Å². The number of aliphatic hydroxyl groups excluding tert-OH is 2. The largest absolute Gasteiger partial charge is 0.398 e. The summed E-state index contributed by atoms with van der Waals surface area (Å²) in [5.74, 6) is -0.0328. The van der Waals surface area contributed by atoms with Crippen LogP contribution in [0.15, 0.2) is 18.6 Å². The van der Waals surface area contributed by atoms with Gasteiger partial charge in [0.25, 0.3) is 5.91 Å². The second-order valence-electron chi connectivity index (χ2n) is 5.90. The van der Waals surface area contributed by atoms with Gasteiger partial charge < -0.3 is 35.3 Å². The van der Waals surface area contributed by atoms with E-state index in [-0.39, 0.29) is 18.2 Å². The summed E-state index contributed by atoms with van der Waals surface area (Å²) in [7, 11) is 1.45. The number of carbonyl (C=O) groups is 1. The average Bonchev–Trinajstić information content (AvgIpc) is 3.09. The molecule has 2 aromatic rings. The number of aromatic nitrogens is 3. The molecule has 4 heterocycles. The smallest absolute Gasteiger partial charge is 0.251 e. The Bertz CT molecular complexity index is 879. The maximum absolute atomic E-state index is 11.8. The number of ether oxygens (including phenoxy) is 2. The van der Waals surface area contributed by atoms with E-state index in [0.717, 1.165) is 0 Å². The van der Waals surface area contributed by atoms with Crippen LogP contribution in [0.5, 0.6) is 0 Å². The Morgan fingerprint density at radius 2 is 2.28 bits per heavy atom. The Morgan fingerprint density at radius 1 is 1.48 bits per heavy atom. The molecule has 0 bridgehead atoms. The van der Waals surface area contributed by atoms with Crippen molar-refractivity contribution in [3.05, 3.63) is 24.2 Å². The number of nitrogens with zero attached hydrogens (tertiary/aromatic N) is 3. The summed E-state index contributed by atoms with van der Waals surface area (Å²) in [5.41, 5.74) is 7.33. The van der Waals surface area contributed by atoms with Gasteiger partial charge in [-0.1, -0.05) is 0 Å². The minimum atomic E-state index is -0.997. The first-order valence-electron chi connectivity index (χ1n) is 7.66. The van der Waals surface area contributed by atoms with Gasteiger partial charge in [0.05, 0.1) is 12.0 Å². The van der Waals surface area contributed by atoms with Gasteiger partial charge in [0.1, 0.15) is 36.1 Å². The second kappa shape index (κ2) is 5.77. The van der Waals surface area contributed by atoms with Gasteiger partial charge in [0.15, 0.2) is 6.23 Å². The molecule has 10 nitrogen and oxygen atoms in total. The van der Waals surface area contributed by atoms with Crippen LogP contribution in [-0.4, -0.2) is 62.7 Å². The molecule has 0 aromatic carbocycles. The molecule has 10 heteroatoms. The second-order valence-corrected chi connectivity index (χ2v) is 5.90. The lowest BCUT2D eigenvalue weighted by Crippen LogP contribution is -2.34. The van der Waals surface area contributed by atoms with Gasteiger partial charge >= 0.3 is 0 Å². The zero-order valence-electron chi connectivity index (χ0n) is 13.3. The number of aliphatic hydroxyl groups is 2. The molecule has 132 valence electrons. The molecule has 0 spiro atoms. The van der Waals surface area contributed by atoms with Gasteiger partial charge in [0, 0.05) is 30.6 Å². The van der Waals surface area contributed by atoms with Crippen molar-refractivity contribution < 1.29 is 24.5 Å². The highest BCUT2D eigenvalue weighted by atomic mass is 16.6. The molecule has 2 aromatic heterocycles. The zero-order chi connectivity index (χ0) is 17.7. The van der Waals surface area contributed by atoms with Crippen LogP contribution in [0.4, 0.5) is 5.82 Å². The minimum Gasteiger partial charge on any atom is -0.398 e. The van der Waals surface area contributed by atoms with Crippen LogP contribution in [0.3, 0.4) is 0 Å². The van der Waals surface area contributed by atoms with E-state index >= 15 is 0 Å². The van der Waals surface area contributed by atoms with Crippen LogP contribution >= 0.6 is 0 Å². The van der Waals surface area contributed by atoms with E-state index in [0.29, 0.717) is 22.4 Å². The van der Waals surface area contributed by atoms with Crippen LogP contribution in [0, 0.1) is 0 Å². The zero-order valence-corrected chi connectivity index (χ0v) is 13.3. The molecule has 0 radical (unpaired) electrons. The van der Waals surface area contributed by atoms with Crippen LogP contribution < -0.4 is 11.1 Å². The van der Waals surface area contributed by atoms with Crippen molar-refractivity contribution in [2.75, 3.05) is 19.0 Å². The number of hydrogen-bond donors (Lipinski definition) is 4. The monoisotopic (exact) mass is 347 g/mol. The Labute approximate surface area is 141 Å². The third-order valence-electron chi connectivity index (χ3n) is 4.49. The molecule has 25 heavy (non-hydrogen) atoms.